The molecule has 12 atom stereocenters. The first-order valence-corrected chi connectivity index (χ1v) is 18.7. The predicted octanol–water partition coefficient (Wildman–Crippen LogP) is 11.6. The summed E-state index contributed by atoms with van der Waals surface area (Å²) in [5.74, 6) is 3.62. The largest absolute Gasteiger partial charge is 0.392 e. The Hall–Kier alpha value is -1.03. The molecule has 12 unspecified atom stereocenters. The second-order valence-corrected chi connectivity index (χ2v) is 16.7. The molecule has 5 aliphatic carbocycles. The van der Waals surface area contributed by atoms with E-state index in [4.69, 9.17) is 0 Å². The molecular weight excluding hydrogens is 553 g/mol. The molecule has 250 valence electrons. The van der Waals surface area contributed by atoms with Crippen molar-refractivity contribution in [1.82, 2.24) is 0 Å². The Kier molecular flexibility index (Phi) is 11.2. The number of aliphatic hydroxyl groups excluding tert-OH is 1. The fourth-order valence-corrected chi connectivity index (χ4v) is 11.2. The van der Waals surface area contributed by atoms with E-state index in [1.54, 1.807) is 0 Å². The van der Waals surface area contributed by atoms with Crippen LogP contribution >= 0.6 is 0 Å². The van der Waals surface area contributed by atoms with Crippen molar-refractivity contribution >= 4 is 0 Å². The first-order chi connectivity index (χ1) is 20.9. The van der Waals surface area contributed by atoms with Crippen LogP contribution in [0.3, 0.4) is 0 Å². The smallest absolute Gasteiger partial charge is 0.388 e. The topological polar surface area (TPSA) is 20.2 Å². The molecule has 1 N–H and O–H groups in total. The molecule has 0 amide bonds. The zero-order valence-corrected chi connectivity index (χ0v) is 28.3. The van der Waals surface area contributed by atoms with Crippen molar-refractivity contribution in [2.75, 3.05) is 0 Å². The normalized spacial score (nSPS) is 43.0. The summed E-state index contributed by atoms with van der Waals surface area (Å²) < 4.78 is 44.0. The number of hydrogen-bond donors (Lipinski definition) is 1. The molecule has 0 heterocycles. The Morgan fingerprint density at radius 2 is 1.68 bits per heavy atom. The van der Waals surface area contributed by atoms with Crippen LogP contribution in [-0.2, 0) is 0 Å². The van der Waals surface area contributed by atoms with Gasteiger partial charge in [-0.2, -0.15) is 13.2 Å². The summed E-state index contributed by atoms with van der Waals surface area (Å²) in [5, 5.41) is 11.7. The quantitative estimate of drug-likeness (QED) is 0.256. The molecule has 0 aromatic heterocycles. The van der Waals surface area contributed by atoms with Crippen molar-refractivity contribution in [2.24, 2.45) is 76.9 Å². The lowest BCUT2D eigenvalue weighted by atomic mass is 9.63. The van der Waals surface area contributed by atoms with Gasteiger partial charge in [0.05, 0.1) is 12.0 Å². The maximum absolute atomic E-state index is 14.7. The highest BCUT2D eigenvalue weighted by atomic mass is 19.4. The summed E-state index contributed by atoms with van der Waals surface area (Å²) in [4.78, 5) is 0. The number of alkyl halides is 3. The average Bonchev–Trinajstić information content (AvgIpc) is 3.47. The number of aliphatic hydroxyl groups is 1. The molecule has 4 saturated carbocycles. The van der Waals surface area contributed by atoms with Crippen molar-refractivity contribution in [3.8, 4) is 0 Å². The van der Waals surface area contributed by atoms with Gasteiger partial charge in [0.2, 0.25) is 0 Å². The summed E-state index contributed by atoms with van der Waals surface area (Å²) in [6.45, 7) is 18.2. The summed E-state index contributed by atoms with van der Waals surface area (Å²) in [7, 11) is 0. The third-order valence-corrected chi connectivity index (χ3v) is 14.1. The zero-order valence-electron chi connectivity index (χ0n) is 28.3. The molecule has 0 aliphatic heterocycles. The van der Waals surface area contributed by atoms with Gasteiger partial charge in [0.1, 0.15) is 0 Å². The highest BCUT2D eigenvalue weighted by molar-refractivity contribution is 5.21. The van der Waals surface area contributed by atoms with Crippen LogP contribution in [0.2, 0.25) is 0 Å². The molecule has 5 rings (SSSR count). The van der Waals surface area contributed by atoms with Gasteiger partial charge >= 0.3 is 6.18 Å². The molecular formula is C40H63F3O. The van der Waals surface area contributed by atoms with E-state index >= 15 is 0 Å². The first kappa shape index (κ1) is 34.3. The van der Waals surface area contributed by atoms with Gasteiger partial charge in [-0.25, -0.2) is 0 Å². The van der Waals surface area contributed by atoms with E-state index < -0.39 is 24.1 Å². The van der Waals surface area contributed by atoms with E-state index in [1.165, 1.54) is 50.5 Å². The fraction of sp³-hybridized carbons (Fsp3) is 0.850. The van der Waals surface area contributed by atoms with Crippen molar-refractivity contribution in [1.29, 1.82) is 0 Å². The summed E-state index contributed by atoms with van der Waals surface area (Å²) in [5.41, 5.74) is 2.08. The SMILES string of the molecule is C=C(C1C=CCC(CC2CCC(CC(C)CC)CC2)C(C(F)(F)F)C1)C(O)C1CCC(C)C(C2C(C)C(=C)C3CCCC32)C1. The predicted molar refractivity (Wildman–Crippen MR) is 177 cm³/mol. The second kappa shape index (κ2) is 14.4. The summed E-state index contributed by atoms with van der Waals surface area (Å²) >= 11 is 0. The lowest BCUT2D eigenvalue weighted by Gasteiger charge is -2.43. The van der Waals surface area contributed by atoms with Crippen LogP contribution in [0.4, 0.5) is 13.2 Å². The Bertz CT molecular complexity index is 1000. The van der Waals surface area contributed by atoms with Crippen LogP contribution in [0.15, 0.2) is 36.5 Å². The van der Waals surface area contributed by atoms with E-state index in [-0.39, 0.29) is 18.3 Å². The molecule has 0 bridgehead atoms. The van der Waals surface area contributed by atoms with E-state index in [1.807, 2.05) is 12.2 Å². The van der Waals surface area contributed by atoms with Crippen LogP contribution in [-0.4, -0.2) is 17.4 Å². The third-order valence-electron chi connectivity index (χ3n) is 14.1. The van der Waals surface area contributed by atoms with Gasteiger partial charge < -0.3 is 5.11 Å². The summed E-state index contributed by atoms with van der Waals surface area (Å²) in [6.07, 6.45) is 14.1. The molecule has 0 radical (unpaired) electrons. The highest BCUT2D eigenvalue weighted by Gasteiger charge is 2.52. The lowest BCUT2D eigenvalue weighted by Crippen LogP contribution is -2.39. The Balaban J connectivity index is 1.21. The van der Waals surface area contributed by atoms with E-state index in [9.17, 15) is 18.3 Å². The van der Waals surface area contributed by atoms with Crippen molar-refractivity contribution < 1.29 is 18.3 Å². The monoisotopic (exact) mass is 616 g/mol. The van der Waals surface area contributed by atoms with E-state index in [0.29, 0.717) is 53.9 Å². The minimum Gasteiger partial charge on any atom is -0.388 e. The highest BCUT2D eigenvalue weighted by Crippen LogP contribution is 2.59. The van der Waals surface area contributed by atoms with Gasteiger partial charge in [0.15, 0.2) is 0 Å². The van der Waals surface area contributed by atoms with Gasteiger partial charge in [0, 0.05) is 5.92 Å². The molecule has 0 aromatic rings. The van der Waals surface area contributed by atoms with Crippen LogP contribution in [0, 0.1) is 76.9 Å². The molecule has 4 fully saturated rings. The number of rotatable bonds is 9. The average molecular weight is 617 g/mol. The zero-order chi connectivity index (χ0) is 31.8. The van der Waals surface area contributed by atoms with Crippen LogP contribution in [0.1, 0.15) is 124 Å². The first-order valence-electron chi connectivity index (χ1n) is 18.7. The van der Waals surface area contributed by atoms with Crippen LogP contribution in [0.25, 0.3) is 0 Å². The standard InChI is InChI=1S/C40H63F3O/c1-7-24(2)20-29-15-17-30(18-16-29)21-32-11-8-10-31(23-37(32)40(41,42)43)28(6)39(44)33-19-14-25(3)36(22-33)38-27(5)26(4)34-12-9-13-35(34)38/h8,10,24-25,27,29-39,44H,4,6-7,9,11-23H2,1-3,5H3. The number of hydrogen-bond acceptors (Lipinski definition) is 1. The number of halogens is 3. The molecule has 0 spiro atoms. The molecule has 5 aliphatic rings. The molecule has 0 aromatic carbocycles. The lowest BCUT2D eigenvalue weighted by molar-refractivity contribution is -0.193. The molecule has 1 nitrogen and oxygen atoms in total. The van der Waals surface area contributed by atoms with Gasteiger partial charge in [-0.15, -0.1) is 0 Å². The van der Waals surface area contributed by atoms with Gasteiger partial charge in [-0.3, -0.25) is 0 Å². The second-order valence-electron chi connectivity index (χ2n) is 16.7. The molecule has 4 heteroatoms. The number of fused-ring (bicyclic) bond motifs is 1. The maximum atomic E-state index is 14.7. The van der Waals surface area contributed by atoms with E-state index in [0.717, 1.165) is 49.9 Å². The molecule has 0 saturated heterocycles. The fourth-order valence-electron chi connectivity index (χ4n) is 11.2. The minimum atomic E-state index is -4.22. The van der Waals surface area contributed by atoms with Crippen molar-refractivity contribution in [3.05, 3.63) is 36.5 Å². The minimum absolute atomic E-state index is 0.0414. The van der Waals surface area contributed by atoms with Gasteiger partial charge in [-0.05, 0) is 122 Å². The van der Waals surface area contributed by atoms with E-state index in [2.05, 4.69) is 40.9 Å². The Labute approximate surface area is 267 Å². The number of allylic oxidation sites excluding steroid dienone is 3. The molecule has 44 heavy (non-hydrogen) atoms. The third kappa shape index (κ3) is 7.41. The van der Waals surface area contributed by atoms with Crippen molar-refractivity contribution in [3.63, 3.8) is 0 Å². The van der Waals surface area contributed by atoms with Gasteiger partial charge in [0.25, 0.3) is 0 Å². The van der Waals surface area contributed by atoms with Crippen LogP contribution in [0.5, 0.6) is 0 Å². The van der Waals surface area contributed by atoms with Crippen molar-refractivity contribution in [2.45, 2.75) is 136 Å². The Morgan fingerprint density at radius 3 is 2.36 bits per heavy atom. The summed E-state index contributed by atoms with van der Waals surface area (Å²) in [6, 6.07) is 0. The van der Waals surface area contributed by atoms with Gasteiger partial charge in [-0.1, -0.05) is 104 Å². The van der Waals surface area contributed by atoms with Crippen LogP contribution < -0.4 is 0 Å². The Morgan fingerprint density at radius 1 is 0.977 bits per heavy atom. The maximum Gasteiger partial charge on any atom is 0.392 e.